The van der Waals surface area contributed by atoms with Gasteiger partial charge in [-0.3, -0.25) is 9.78 Å². The number of nitrogens with zero attached hydrogens (tertiary/aromatic N) is 2. The molecule has 2 aromatic carbocycles. The van der Waals surface area contributed by atoms with Crippen LogP contribution in [-0.4, -0.2) is 53.5 Å². The number of piperidine rings is 1. The van der Waals surface area contributed by atoms with E-state index in [1.807, 2.05) is 24.3 Å². The van der Waals surface area contributed by atoms with Gasteiger partial charge in [0.25, 0.3) is 0 Å². The van der Waals surface area contributed by atoms with Crippen molar-refractivity contribution in [3.63, 3.8) is 0 Å². The number of likely N-dealkylation sites (tertiary alicyclic amines) is 1. The van der Waals surface area contributed by atoms with Gasteiger partial charge in [0.2, 0.25) is 0 Å². The minimum absolute atomic E-state index is 0.00333. The number of carbonyl (C=O) groups is 1. The fourth-order valence-electron chi connectivity index (χ4n) is 5.29. The van der Waals surface area contributed by atoms with Gasteiger partial charge in [0, 0.05) is 29.4 Å². The molecule has 1 fully saturated rings. The van der Waals surface area contributed by atoms with Gasteiger partial charge in [-0.1, -0.05) is 6.07 Å². The summed E-state index contributed by atoms with van der Waals surface area (Å²) in [5, 5.41) is 10.3. The molecule has 37 heavy (non-hydrogen) atoms. The number of ether oxygens (including phenoxy) is 1. The van der Waals surface area contributed by atoms with Gasteiger partial charge >= 0.3 is 5.97 Å². The first-order chi connectivity index (χ1) is 17.9. The lowest BCUT2D eigenvalue weighted by Crippen LogP contribution is -2.42. The minimum Gasteiger partial charge on any atom is -0.497 e. The van der Waals surface area contributed by atoms with Crippen molar-refractivity contribution in [1.82, 2.24) is 9.88 Å². The highest BCUT2D eigenvalue weighted by molar-refractivity contribution is 7.99. The summed E-state index contributed by atoms with van der Waals surface area (Å²) in [6.07, 6.45) is 3.39. The third-order valence-electron chi connectivity index (χ3n) is 7.21. The van der Waals surface area contributed by atoms with Crippen molar-refractivity contribution in [1.29, 1.82) is 0 Å². The van der Waals surface area contributed by atoms with Crippen LogP contribution in [0.2, 0.25) is 0 Å². The predicted octanol–water partition coefficient (Wildman–Crippen LogP) is 6.77. The summed E-state index contributed by atoms with van der Waals surface area (Å²) in [6.45, 7) is 2.48. The lowest BCUT2D eigenvalue weighted by Gasteiger charge is -2.38. The van der Waals surface area contributed by atoms with Crippen molar-refractivity contribution < 1.29 is 23.4 Å². The van der Waals surface area contributed by atoms with Crippen LogP contribution in [0.15, 0.2) is 59.6 Å². The summed E-state index contributed by atoms with van der Waals surface area (Å²) in [5.74, 6) is 0.690. The Morgan fingerprint density at radius 1 is 1.24 bits per heavy atom. The Hall–Kier alpha value is -2.71. The third kappa shape index (κ3) is 7.65. The van der Waals surface area contributed by atoms with Crippen LogP contribution in [0.4, 0.5) is 8.78 Å². The van der Waals surface area contributed by atoms with Crippen molar-refractivity contribution in [3.05, 3.63) is 66.1 Å². The molecule has 0 spiro atoms. The molecule has 0 radical (unpaired) electrons. The molecule has 1 unspecified atom stereocenters. The number of hydrogen-bond acceptors (Lipinski definition) is 5. The SMILES string of the molecule is COc1ccc2nccc(C(F)CC[C@@H]3CCN(CCCSc4cccc(F)c4)C[C@@H]3CC(=O)O)c2c1. The second kappa shape index (κ2) is 13.2. The van der Waals surface area contributed by atoms with Crippen molar-refractivity contribution in [2.75, 3.05) is 32.5 Å². The molecule has 1 saturated heterocycles. The second-order valence-corrected chi connectivity index (χ2v) is 10.9. The smallest absolute Gasteiger partial charge is 0.303 e. The molecule has 3 aromatic rings. The number of fused-ring (bicyclic) bond motifs is 1. The van der Waals surface area contributed by atoms with Gasteiger partial charge in [0.15, 0.2) is 0 Å². The van der Waals surface area contributed by atoms with Crippen LogP contribution >= 0.6 is 11.8 Å². The van der Waals surface area contributed by atoms with E-state index >= 15 is 4.39 Å². The van der Waals surface area contributed by atoms with Crippen LogP contribution in [0.3, 0.4) is 0 Å². The number of carboxylic acid groups (broad SMARTS) is 1. The molecule has 3 atom stereocenters. The van der Waals surface area contributed by atoms with Crippen LogP contribution in [-0.2, 0) is 4.79 Å². The number of aromatic nitrogens is 1. The Kier molecular flexibility index (Phi) is 9.75. The molecular formula is C29H34F2N2O3S. The minimum atomic E-state index is -1.15. The van der Waals surface area contributed by atoms with Gasteiger partial charge in [-0.2, -0.15) is 0 Å². The van der Waals surface area contributed by atoms with Gasteiger partial charge in [0.1, 0.15) is 17.7 Å². The van der Waals surface area contributed by atoms with Crippen LogP contribution in [0.1, 0.15) is 43.8 Å². The normalized spacial score (nSPS) is 19.1. The van der Waals surface area contributed by atoms with Gasteiger partial charge in [0.05, 0.1) is 12.6 Å². The van der Waals surface area contributed by atoms with E-state index < -0.39 is 12.1 Å². The quantitative estimate of drug-likeness (QED) is 0.207. The fraction of sp³-hybridized carbons (Fsp3) is 0.448. The van der Waals surface area contributed by atoms with Crippen molar-refractivity contribution in [2.24, 2.45) is 11.8 Å². The second-order valence-electron chi connectivity index (χ2n) is 9.69. The van der Waals surface area contributed by atoms with Crippen LogP contribution in [0.25, 0.3) is 10.9 Å². The Morgan fingerprint density at radius 3 is 2.89 bits per heavy atom. The standard InChI is InChI=1S/C29H34F2N2O3S/c1-36-23-7-9-28-26(18-23)25(10-12-32-28)27(31)8-6-20-11-14-33(19-21(20)16-29(34)35)13-3-15-37-24-5-2-4-22(30)17-24/h2,4-5,7,9-10,12,17-18,20-21,27H,3,6,8,11,13-16,19H2,1H3,(H,34,35)/t20-,21+,27?/m1/s1. The first-order valence-electron chi connectivity index (χ1n) is 12.8. The maximum atomic E-state index is 15.5. The number of aliphatic carboxylic acids is 1. The average molecular weight is 529 g/mol. The monoisotopic (exact) mass is 528 g/mol. The summed E-state index contributed by atoms with van der Waals surface area (Å²) in [5.41, 5.74) is 1.33. The van der Waals surface area contributed by atoms with Gasteiger partial charge < -0.3 is 14.7 Å². The summed E-state index contributed by atoms with van der Waals surface area (Å²) >= 11 is 1.63. The van der Waals surface area contributed by atoms with E-state index in [1.54, 1.807) is 43.3 Å². The van der Waals surface area contributed by atoms with Gasteiger partial charge in [-0.25, -0.2) is 8.78 Å². The topological polar surface area (TPSA) is 62.7 Å². The predicted molar refractivity (Wildman–Crippen MR) is 143 cm³/mol. The Balaban J connectivity index is 1.31. The Morgan fingerprint density at radius 2 is 2.11 bits per heavy atom. The van der Waals surface area contributed by atoms with E-state index in [9.17, 15) is 14.3 Å². The molecule has 0 bridgehead atoms. The molecule has 0 aliphatic carbocycles. The molecule has 4 rings (SSSR count). The molecule has 1 aliphatic rings. The summed E-state index contributed by atoms with van der Waals surface area (Å²) < 4.78 is 34.1. The molecule has 5 nitrogen and oxygen atoms in total. The summed E-state index contributed by atoms with van der Waals surface area (Å²) in [4.78, 5) is 19.2. The van der Waals surface area contributed by atoms with E-state index in [0.29, 0.717) is 30.7 Å². The number of alkyl halides is 1. The van der Waals surface area contributed by atoms with E-state index in [4.69, 9.17) is 4.74 Å². The number of thioether (sulfide) groups is 1. The van der Waals surface area contributed by atoms with E-state index in [-0.39, 0.29) is 24.1 Å². The first kappa shape index (κ1) is 27.3. The van der Waals surface area contributed by atoms with Crippen molar-refractivity contribution in [3.8, 4) is 5.75 Å². The molecule has 1 aliphatic heterocycles. The summed E-state index contributed by atoms with van der Waals surface area (Å²) in [7, 11) is 1.59. The van der Waals surface area contributed by atoms with Crippen LogP contribution in [0, 0.1) is 17.7 Å². The van der Waals surface area contributed by atoms with Crippen LogP contribution in [0.5, 0.6) is 5.75 Å². The lowest BCUT2D eigenvalue weighted by atomic mass is 9.79. The molecular weight excluding hydrogens is 494 g/mol. The fourth-order valence-corrected chi connectivity index (χ4v) is 6.17. The average Bonchev–Trinajstić information content (AvgIpc) is 2.89. The lowest BCUT2D eigenvalue weighted by molar-refractivity contribution is -0.139. The highest BCUT2D eigenvalue weighted by Gasteiger charge is 2.31. The Bertz CT molecular complexity index is 1190. The maximum absolute atomic E-state index is 15.5. The van der Waals surface area contributed by atoms with Crippen molar-refractivity contribution >= 4 is 28.6 Å². The molecule has 8 heteroatoms. The largest absolute Gasteiger partial charge is 0.497 e. The Labute approximate surface area is 221 Å². The van der Waals surface area contributed by atoms with E-state index in [0.717, 1.165) is 47.5 Å². The zero-order valence-electron chi connectivity index (χ0n) is 21.1. The highest BCUT2D eigenvalue weighted by Crippen LogP contribution is 2.36. The number of benzene rings is 2. The van der Waals surface area contributed by atoms with Gasteiger partial charge in [-0.05, 0) is 104 Å². The first-order valence-corrected chi connectivity index (χ1v) is 13.8. The van der Waals surface area contributed by atoms with E-state index in [1.165, 1.54) is 6.07 Å². The molecule has 1 N–H and O–H groups in total. The molecule has 198 valence electrons. The molecule has 0 saturated carbocycles. The molecule has 0 amide bonds. The number of rotatable bonds is 12. The zero-order chi connectivity index (χ0) is 26.2. The third-order valence-corrected chi connectivity index (χ3v) is 8.29. The number of pyridine rings is 1. The van der Waals surface area contributed by atoms with Crippen LogP contribution < -0.4 is 4.74 Å². The van der Waals surface area contributed by atoms with Gasteiger partial charge in [-0.15, -0.1) is 11.8 Å². The number of methoxy groups -OCH3 is 1. The number of hydrogen-bond donors (Lipinski definition) is 1. The number of halogens is 2. The van der Waals surface area contributed by atoms with Crippen molar-refractivity contribution in [2.45, 2.75) is 43.2 Å². The highest BCUT2D eigenvalue weighted by atomic mass is 32.2. The maximum Gasteiger partial charge on any atom is 0.303 e. The summed E-state index contributed by atoms with van der Waals surface area (Å²) in [6, 6.07) is 13.8. The van der Waals surface area contributed by atoms with E-state index in [2.05, 4.69) is 9.88 Å². The number of carboxylic acids is 1. The zero-order valence-corrected chi connectivity index (χ0v) is 21.9. The molecule has 1 aromatic heterocycles. The molecule has 2 heterocycles.